The first-order valence-electron chi connectivity index (χ1n) is 5.27. The van der Waals surface area contributed by atoms with Crippen LogP contribution in [0.3, 0.4) is 0 Å². The van der Waals surface area contributed by atoms with Crippen LogP contribution in [0.2, 0.25) is 0 Å². The maximum Gasteiger partial charge on any atom is 0.283 e. The predicted octanol–water partition coefficient (Wildman–Crippen LogP) is 2.70. The van der Waals surface area contributed by atoms with Crippen molar-refractivity contribution in [2.75, 3.05) is 5.43 Å². The summed E-state index contributed by atoms with van der Waals surface area (Å²) in [6, 6.07) is 6.40. The Morgan fingerprint density at radius 1 is 1.30 bits per heavy atom. The highest BCUT2D eigenvalue weighted by molar-refractivity contribution is 7.99. The summed E-state index contributed by atoms with van der Waals surface area (Å²) in [5, 5.41) is 10.6. The monoisotopic (exact) mass is 298 g/mol. The molecule has 0 aliphatic rings. The minimum atomic E-state index is -0.947. The molecule has 0 unspecified atom stereocenters. The van der Waals surface area contributed by atoms with Crippen LogP contribution in [0, 0.1) is 21.7 Å². The summed E-state index contributed by atoms with van der Waals surface area (Å²) >= 11 is 0.717. The zero-order valence-corrected chi connectivity index (χ0v) is 10.7. The summed E-state index contributed by atoms with van der Waals surface area (Å²) in [6.45, 7) is 0. The summed E-state index contributed by atoms with van der Waals surface area (Å²) in [7, 11) is 0. The number of nitro benzene ring substituents is 1. The third kappa shape index (κ3) is 2.83. The first-order valence-corrected chi connectivity index (χ1v) is 6.08. The van der Waals surface area contributed by atoms with E-state index >= 15 is 0 Å². The highest BCUT2D eigenvalue weighted by Gasteiger charge is 2.18. The molecular weight excluding hydrogens is 290 g/mol. The Morgan fingerprint density at radius 2 is 2.00 bits per heavy atom. The quantitative estimate of drug-likeness (QED) is 0.512. The normalized spacial score (nSPS) is 10.3. The van der Waals surface area contributed by atoms with Gasteiger partial charge in [-0.05, 0) is 6.07 Å². The maximum atomic E-state index is 13.6. The third-order valence-corrected chi connectivity index (χ3v) is 3.35. The number of nitrogen functional groups attached to an aromatic ring is 1. The second-order valence-electron chi connectivity index (χ2n) is 3.58. The van der Waals surface area contributed by atoms with Gasteiger partial charge in [0.05, 0.1) is 9.82 Å². The predicted molar refractivity (Wildman–Crippen MR) is 69.2 cm³/mol. The van der Waals surface area contributed by atoms with Crippen LogP contribution in [-0.2, 0) is 0 Å². The fourth-order valence-electron chi connectivity index (χ4n) is 1.42. The van der Waals surface area contributed by atoms with Crippen molar-refractivity contribution < 1.29 is 13.7 Å². The maximum absolute atomic E-state index is 13.6. The molecule has 2 aromatic rings. The molecule has 0 atom stereocenters. The van der Waals surface area contributed by atoms with Gasteiger partial charge in [0.2, 0.25) is 0 Å². The fourth-order valence-corrected chi connectivity index (χ4v) is 2.32. The van der Waals surface area contributed by atoms with E-state index in [9.17, 15) is 18.9 Å². The molecule has 20 heavy (non-hydrogen) atoms. The third-order valence-electron chi connectivity index (χ3n) is 2.30. The van der Waals surface area contributed by atoms with E-state index in [0.717, 1.165) is 11.8 Å². The highest BCUT2D eigenvalue weighted by Crippen LogP contribution is 2.35. The van der Waals surface area contributed by atoms with Crippen LogP contribution in [0.1, 0.15) is 0 Å². The molecule has 0 aliphatic heterocycles. The van der Waals surface area contributed by atoms with E-state index in [0.29, 0.717) is 6.07 Å². The zero-order valence-electron chi connectivity index (χ0n) is 9.84. The average molecular weight is 298 g/mol. The Hall–Kier alpha value is -2.26. The average Bonchev–Trinajstić information content (AvgIpc) is 2.42. The number of nitrogens with one attached hydrogen (secondary N) is 1. The molecule has 9 heteroatoms. The summed E-state index contributed by atoms with van der Waals surface area (Å²) in [4.78, 5) is 14.1. The molecule has 3 N–H and O–H groups in total. The van der Waals surface area contributed by atoms with Crippen molar-refractivity contribution in [1.29, 1.82) is 0 Å². The van der Waals surface area contributed by atoms with E-state index in [1.807, 2.05) is 5.43 Å². The molecule has 0 amide bonds. The van der Waals surface area contributed by atoms with Crippen molar-refractivity contribution in [3.63, 3.8) is 0 Å². The molecule has 0 spiro atoms. The number of hydrogen-bond acceptors (Lipinski definition) is 6. The molecule has 2 rings (SSSR count). The Labute approximate surface area is 116 Å². The number of rotatable bonds is 4. The van der Waals surface area contributed by atoms with Crippen molar-refractivity contribution in [1.82, 2.24) is 4.98 Å². The summed E-state index contributed by atoms with van der Waals surface area (Å²) in [6.07, 6.45) is 0. The minimum Gasteiger partial charge on any atom is -0.306 e. The van der Waals surface area contributed by atoms with Gasteiger partial charge in [-0.1, -0.05) is 23.9 Å². The largest absolute Gasteiger partial charge is 0.306 e. The van der Waals surface area contributed by atoms with Crippen LogP contribution in [0.5, 0.6) is 0 Å². The van der Waals surface area contributed by atoms with Crippen LogP contribution in [-0.4, -0.2) is 9.91 Å². The van der Waals surface area contributed by atoms with Crippen molar-refractivity contribution in [3.05, 3.63) is 52.1 Å². The van der Waals surface area contributed by atoms with Gasteiger partial charge in [0.15, 0.2) is 17.5 Å². The lowest BCUT2D eigenvalue weighted by Crippen LogP contribution is -2.11. The Kier molecular flexibility index (Phi) is 4.11. The Bertz CT molecular complexity index is 669. The van der Waals surface area contributed by atoms with Gasteiger partial charge in [-0.2, -0.15) is 0 Å². The van der Waals surface area contributed by atoms with E-state index in [2.05, 4.69) is 4.98 Å². The van der Waals surface area contributed by atoms with Crippen molar-refractivity contribution in [2.24, 2.45) is 5.84 Å². The topological polar surface area (TPSA) is 94.1 Å². The summed E-state index contributed by atoms with van der Waals surface area (Å²) in [5.74, 6) is 2.83. The second kappa shape index (κ2) is 5.80. The van der Waals surface area contributed by atoms with Crippen LogP contribution in [0.4, 0.5) is 20.3 Å². The standard InChI is InChI=1S/C11H8F2N4O2S/c12-6-5-7(13)11(15-10(6)16-14)20-9-4-2-1-3-8(9)17(18)19/h1-5H,14H2,(H,15,16). The van der Waals surface area contributed by atoms with Crippen molar-refractivity contribution in [3.8, 4) is 0 Å². The van der Waals surface area contributed by atoms with E-state index in [1.54, 1.807) is 6.07 Å². The number of hydrazine groups is 1. The van der Waals surface area contributed by atoms with Gasteiger partial charge in [-0.15, -0.1) is 0 Å². The number of para-hydroxylation sites is 1. The molecule has 1 aromatic heterocycles. The fraction of sp³-hybridized carbons (Fsp3) is 0. The van der Waals surface area contributed by atoms with Gasteiger partial charge in [0.1, 0.15) is 5.03 Å². The molecule has 0 fully saturated rings. The number of benzene rings is 1. The van der Waals surface area contributed by atoms with Gasteiger partial charge < -0.3 is 5.43 Å². The molecule has 104 valence electrons. The molecule has 0 aliphatic carbocycles. The number of pyridine rings is 1. The van der Waals surface area contributed by atoms with E-state index in [-0.39, 0.29) is 21.4 Å². The molecule has 0 bridgehead atoms. The molecule has 6 nitrogen and oxygen atoms in total. The molecule has 1 aromatic carbocycles. The number of nitro groups is 1. The highest BCUT2D eigenvalue weighted by atomic mass is 32.2. The van der Waals surface area contributed by atoms with Crippen LogP contribution < -0.4 is 11.3 Å². The SMILES string of the molecule is NNc1nc(Sc2ccccc2[N+](=O)[O-])c(F)cc1F. The molecule has 0 saturated heterocycles. The molecule has 0 saturated carbocycles. The van der Waals surface area contributed by atoms with Crippen LogP contribution in [0.25, 0.3) is 0 Å². The van der Waals surface area contributed by atoms with E-state index in [4.69, 9.17) is 5.84 Å². The van der Waals surface area contributed by atoms with Crippen LogP contribution in [0.15, 0.2) is 40.3 Å². The second-order valence-corrected chi connectivity index (χ2v) is 4.61. The summed E-state index contributed by atoms with van der Waals surface area (Å²) < 4.78 is 26.8. The smallest absolute Gasteiger partial charge is 0.283 e. The molecule has 1 heterocycles. The number of aromatic nitrogens is 1. The number of halogens is 2. The molecule has 0 radical (unpaired) electrons. The number of anilines is 1. The number of hydrogen-bond donors (Lipinski definition) is 2. The van der Waals surface area contributed by atoms with Gasteiger partial charge in [0.25, 0.3) is 5.69 Å². The molecular formula is C11H8F2N4O2S. The Balaban J connectivity index is 2.42. The Morgan fingerprint density at radius 3 is 2.65 bits per heavy atom. The first-order chi connectivity index (χ1) is 9.52. The van der Waals surface area contributed by atoms with E-state index < -0.39 is 16.6 Å². The first kappa shape index (κ1) is 14.2. The van der Waals surface area contributed by atoms with E-state index in [1.165, 1.54) is 18.2 Å². The minimum absolute atomic E-state index is 0.190. The van der Waals surface area contributed by atoms with Gasteiger partial charge >= 0.3 is 0 Å². The van der Waals surface area contributed by atoms with Gasteiger partial charge in [-0.3, -0.25) is 10.1 Å². The number of nitrogens with zero attached hydrogens (tertiary/aromatic N) is 2. The summed E-state index contributed by atoms with van der Waals surface area (Å²) in [5.41, 5.74) is 1.80. The zero-order chi connectivity index (χ0) is 14.7. The van der Waals surface area contributed by atoms with Crippen molar-refractivity contribution >= 4 is 23.3 Å². The lowest BCUT2D eigenvalue weighted by molar-refractivity contribution is -0.387. The lowest BCUT2D eigenvalue weighted by atomic mass is 10.3. The van der Waals surface area contributed by atoms with Crippen LogP contribution >= 0.6 is 11.8 Å². The van der Waals surface area contributed by atoms with Gasteiger partial charge in [0, 0.05) is 12.1 Å². The van der Waals surface area contributed by atoms with Crippen molar-refractivity contribution in [2.45, 2.75) is 9.92 Å². The number of nitrogens with two attached hydrogens (primary N) is 1. The lowest BCUT2D eigenvalue weighted by Gasteiger charge is -2.06. The van der Waals surface area contributed by atoms with Gasteiger partial charge in [-0.25, -0.2) is 19.6 Å².